The van der Waals surface area contributed by atoms with Gasteiger partial charge in [-0.25, -0.2) is 4.98 Å². The second-order valence-corrected chi connectivity index (χ2v) is 4.53. The molecule has 1 aromatic carbocycles. The third-order valence-electron chi connectivity index (χ3n) is 2.99. The minimum atomic E-state index is -4.39. The number of anilines is 1. The number of rotatable bonds is 3. The molecular weight excluding hydrogens is 279 g/mol. The minimum absolute atomic E-state index is 0.154. The Hall–Kier alpha value is -2.55. The molecular formula is C15H12F3N3. The van der Waals surface area contributed by atoms with Crippen LogP contribution in [0.4, 0.5) is 19.0 Å². The van der Waals surface area contributed by atoms with Crippen LogP contribution in [0.1, 0.15) is 29.7 Å². The fourth-order valence-electron chi connectivity index (χ4n) is 1.84. The van der Waals surface area contributed by atoms with Crippen LogP contribution < -0.4 is 5.32 Å². The molecule has 1 aromatic heterocycles. The quantitative estimate of drug-likeness (QED) is 0.924. The zero-order valence-electron chi connectivity index (χ0n) is 11.1. The monoisotopic (exact) mass is 291 g/mol. The van der Waals surface area contributed by atoms with Gasteiger partial charge in [-0.1, -0.05) is 12.1 Å². The summed E-state index contributed by atoms with van der Waals surface area (Å²) in [6, 6.07) is 10.5. The predicted octanol–water partition coefficient (Wildman–Crippen LogP) is 4.15. The molecule has 1 atom stereocenters. The van der Waals surface area contributed by atoms with Gasteiger partial charge >= 0.3 is 6.18 Å². The van der Waals surface area contributed by atoms with E-state index in [0.29, 0.717) is 5.56 Å². The van der Waals surface area contributed by atoms with Crippen LogP contribution in [-0.2, 0) is 6.18 Å². The van der Waals surface area contributed by atoms with Crippen molar-refractivity contribution in [3.63, 3.8) is 0 Å². The Morgan fingerprint density at radius 3 is 2.43 bits per heavy atom. The molecule has 0 saturated heterocycles. The second kappa shape index (κ2) is 5.83. The van der Waals surface area contributed by atoms with Gasteiger partial charge in [0.25, 0.3) is 0 Å². The number of aromatic nitrogens is 1. The van der Waals surface area contributed by atoms with Crippen LogP contribution in [0.5, 0.6) is 0 Å². The Bertz CT molecular complexity index is 657. The molecule has 3 nitrogen and oxygen atoms in total. The molecule has 0 bridgehead atoms. The van der Waals surface area contributed by atoms with Crippen LogP contribution >= 0.6 is 0 Å². The van der Waals surface area contributed by atoms with Crippen molar-refractivity contribution in [2.75, 3.05) is 5.32 Å². The minimum Gasteiger partial charge on any atom is -0.364 e. The fourth-order valence-corrected chi connectivity index (χ4v) is 1.84. The van der Waals surface area contributed by atoms with Gasteiger partial charge in [-0.05, 0) is 36.8 Å². The Kier molecular flexibility index (Phi) is 4.13. The summed E-state index contributed by atoms with van der Waals surface area (Å²) in [6.45, 7) is 1.81. The smallest absolute Gasteiger partial charge is 0.364 e. The van der Waals surface area contributed by atoms with Gasteiger partial charge in [-0.15, -0.1) is 0 Å². The van der Waals surface area contributed by atoms with Gasteiger partial charge in [0.15, 0.2) is 0 Å². The van der Waals surface area contributed by atoms with Crippen LogP contribution in [-0.4, -0.2) is 4.98 Å². The summed E-state index contributed by atoms with van der Waals surface area (Å²) >= 11 is 0. The third kappa shape index (κ3) is 3.72. The molecule has 0 aliphatic rings. The van der Waals surface area contributed by atoms with Crippen LogP contribution in [0.3, 0.4) is 0 Å². The predicted molar refractivity (Wildman–Crippen MR) is 72.4 cm³/mol. The number of halogens is 3. The first-order valence-corrected chi connectivity index (χ1v) is 6.20. The van der Waals surface area contributed by atoms with Gasteiger partial charge in [0.05, 0.1) is 17.2 Å². The number of pyridine rings is 1. The molecule has 0 aliphatic heterocycles. The number of benzene rings is 1. The van der Waals surface area contributed by atoms with Gasteiger partial charge in [-0.3, -0.25) is 0 Å². The topological polar surface area (TPSA) is 48.7 Å². The molecule has 21 heavy (non-hydrogen) atoms. The Morgan fingerprint density at radius 1 is 1.19 bits per heavy atom. The summed E-state index contributed by atoms with van der Waals surface area (Å²) < 4.78 is 37.9. The van der Waals surface area contributed by atoms with Crippen LogP contribution in [0.25, 0.3) is 0 Å². The summed E-state index contributed by atoms with van der Waals surface area (Å²) in [7, 11) is 0. The normalized spacial score (nSPS) is 12.5. The van der Waals surface area contributed by atoms with Crippen molar-refractivity contribution in [3.8, 4) is 6.07 Å². The average Bonchev–Trinajstić information content (AvgIpc) is 2.47. The van der Waals surface area contributed by atoms with E-state index in [-0.39, 0.29) is 11.9 Å². The highest BCUT2D eigenvalue weighted by atomic mass is 19.4. The summed E-state index contributed by atoms with van der Waals surface area (Å²) in [5.74, 6) is 0.154. The largest absolute Gasteiger partial charge is 0.416 e. The van der Waals surface area contributed by atoms with Crippen molar-refractivity contribution in [1.82, 2.24) is 4.98 Å². The zero-order chi connectivity index (χ0) is 15.5. The van der Waals surface area contributed by atoms with E-state index in [1.54, 1.807) is 24.3 Å². The summed E-state index contributed by atoms with van der Waals surface area (Å²) in [5, 5.41) is 11.6. The van der Waals surface area contributed by atoms with Crippen molar-refractivity contribution in [1.29, 1.82) is 5.26 Å². The number of alkyl halides is 3. The first kappa shape index (κ1) is 14.9. The van der Waals surface area contributed by atoms with Gasteiger partial charge in [-0.2, -0.15) is 18.4 Å². The van der Waals surface area contributed by atoms with Gasteiger partial charge < -0.3 is 5.32 Å². The highest BCUT2D eigenvalue weighted by Crippen LogP contribution is 2.30. The molecule has 1 N–H and O–H groups in total. The lowest BCUT2D eigenvalue weighted by Crippen LogP contribution is -2.10. The molecule has 108 valence electrons. The van der Waals surface area contributed by atoms with Crippen LogP contribution in [0.2, 0.25) is 0 Å². The van der Waals surface area contributed by atoms with Crippen molar-refractivity contribution in [2.24, 2.45) is 0 Å². The molecule has 1 heterocycles. The SMILES string of the molecule is CC(Nc1cc(C(F)(F)F)ccn1)c1ccc(C#N)cc1. The molecule has 0 radical (unpaired) electrons. The fraction of sp³-hybridized carbons (Fsp3) is 0.200. The zero-order valence-corrected chi connectivity index (χ0v) is 11.1. The van der Waals surface area contributed by atoms with Crippen molar-refractivity contribution >= 4 is 5.82 Å². The lowest BCUT2D eigenvalue weighted by Gasteiger charge is -2.16. The van der Waals surface area contributed by atoms with Crippen LogP contribution in [0, 0.1) is 11.3 Å². The summed E-state index contributed by atoms with van der Waals surface area (Å²) in [6.07, 6.45) is -3.27. The van der Waals surface area contributed by atoms with Crippen molar-refractivity contribution < 1.29 is 13.2 Å². The standard InChI is InChI=1S/C15H12F3N3/c1-10(12-4-2-11(9-19)3-5-12)21-14-8-13(6-7-20-14)15(16,17)18/h2-8,10H,1H3,(H,20,21). The van der Waals surface area contributed by atoms with E-state index < -0.39 is 11.7 Å². The highest BCUT2D eigenvalue weighted by molar-refractivity contribution is 5.42. The molecule has 2 aromatic rings. The first-order chi connectivity index (χ1) is 9.90. The maximum Gasteiger partial charge on any atom is 0.416 e. The van der Waals surface area contributed by atoms with E-state index in [9.17, 15) is 13.2 Å². The molecule has 0 saturated carbocycles. The molecule has 2 rings (SSSR count). The number of hydrogen-bond acceptors (Lipinski definition) is 3. The van der Waals surface area contributed by atoms with Gasteiger partial charge in [0.2, 0.25) is 0 Å². The van der Waals surface area contributed by atoms with Crippen LogP contribution in [0.15, 0.2) is 42.6 Å². The highest BCUT2D eigenvalue weighted by Gasteiger charge is 2.30. The average molecular weight is 291 g/mol. The maximum atomic E-state index is 12.6. The Balaban J connectivity index is 2.15. The number of nitriles is 1. The van der Waals surface area contributed by atoms with E-state index in [0.717, 1.165) is 23.9 Å². The Morgan fingerprint density at radius 2 is 1.86 bits per heavy atom. The van der Waals surface area contributed by atoms with Gasteiger partial charge in [0, 0.05) is 12.2 Å². The molecule has 0 spiro atoms. The first-order valence-electron chi connectivity index (χ1n) is 6.20. The lowest BCUT2D eigenvalue weighted by molar-refractivity contribution is -0.137. The summed E-state index contributed by atoms with van der Waals surface area (Å²) in [4.78, 5) is 3.89. The number of nitrogens with one attached hydrogen (secondary N) is 1. The molecule has 6 heteroatoms. The van der Waals surface area contributed by atoms with Gasteiger partial charge in [0.1, 0.15) is 5.82 Å². The van der Waals surface area contributed by atoms with E-state index >= 15 is 0 Å². The van der Waals surface area contributed by atoms with Crippen molar-refractivity contribution in [2.45, 2.75) is 19.1 Å². The maximum absolute atomic E-state index is 12.6. The molecule has 0 aliphatic carbocycles. The summed E-state index contributed by atoms with van der Waals surface area (Å²) in [5.41, 5.74) is 0.642. The number of hydrogen-bond donors (Lipinski definition) is 1. The number of nitrogens with zero attached hydrogens (tertiary/aromatic N) is 2. The lowest BCUT2D eigenvalue weighted by atomic mass is 10.1. The molecule has 0 amide bonds. The third-order valence-corrected chi connectivity index (χ3v) is 2.99. The van der Waals surface area contributed by atoms with E-state index in [2.05, 4.69) is 10.3 Å². The molecule has 1 unspecified atom stereocenters. The molecule has 0 fully saturated rings. The van der Waals surface area contributed by atoms with Crippen molar-refractivity contribution in [3.05, 3.63) is 59.3 Å². The van der Waals surface area contributed by atoms with E-state index in [1.165, 1.54) is 0 Å². The Labute approximate surface area is 120 Å². The van der Waals surface area contributed by atoms with E-state index in [4.69, 9.17) is 5.26 Å². The van der Waals surface area contributed by atoms with E-state index in [1.807, 2.05) is 13.0 Å². The second-order valence-electron chi connectivity index (χ2n) is 4.53.